The Morgan fingerprint density at radius 3 is 2.42 bits per heavy atom. The number of carbonyl (C=O) groups excluding carboxylic acids is 1. The van der Waals surface area contributed by atoms with Gasteiger partial charge in [0.1, 0.15) is 5.60 Å². The van der Waals surface area contributed by atoms with Gasteiger partial charge < -0.3 is 25.6 Å². The lowest BCUT2D eigenvalue weighted by molar-refractivity contribution is 0.0505. The Balaban J connectivity index is 1.61. The van der Waals surface area contributed by atoms with Crippen LogP contribution < -0.4 is 16.0 Å². The van der Waals surface area contributed by atoms with Crippen LogP contribution >= 0.6 is 0 Å². The highest BCUT2D eigenvalue weighted by Gasteiger charge is 2.32. The van der Waals surface area contributed by atoms with Crippen molar-refractivity contribution in [1.82, 2.24) is 20.9 Å². The minimum absolute atomic E-state index is 0.261. The smallest absolute Gasteiger partial charge is 0.408 e. The third kappa shape index (κ3) is 8.05. The molecule has 1 aliphatic carbocycles. The van der Waals surface area contributed by atoms with Gasteiger partial charge in [0.2, 0.25) is 0 Å². The fraction of sp³-hybridized carbons (Fsp3) is 0.667. The summed E-state index contributed by atoms with van der Waals surface area (Å²) < 4.78 is 5.47. The molecule has 0 bridgehead atoms. The molecule has 1 aromatic rings. The van der Waals surface area contributed by atoms with Crippen LogP contribution in [0.2, 0.25) is 0 Å². The molecular weight excluding hydrogens is 390 g/mol. The van der Waals surface area contributed by atoms with Gasteiger partial charge in [-0.25, -0.2) is 4.79 Å². The van der Waals surface area contributed by atoms with E-state index in [0.717, 1.165) is 50.0 Å². The number of aliphatic imine (C=N–C) groups is 1. The fourth-order valence-electron chi connectivity index (χ4n) is 3.91. The molecule has 3 rings (SSSR count). The van der Waals surface area contributed by atoms with Gasteiger partial charge in [-0.3, -0.25) is 4.99 Å². The van der Waals surface area contributed by atoms with Crippen LogP contribution in [0.4, 0.5) is 4.79 Å². The number of guanidine groups is 1. The number of hydrogen-bond donors (Lipinski definition) is 3. The number of amides is 1. The molecule has 1 atom stereocenters. The number of alkyl carbamates (subject to hydrolysis) is 1. The lowest BCUT2D eigenvalue weighted by Crippen LogP contribution is -2.49. The van der Waals surface area contributed by atoms with Gasteiger partial charge in [0.05, 0.1) is 12.6 Å². The molecule has 3 N–H and O–H groups in total. The van der Waals surface area contributed by atoms with Gasteiger partial charge in [0, 0.05) is 31.7 Å². The van der Waals surface area contributed by atoms with Gasteiger partial charge in [0.15, 0.2) is 5.96 Å². The van der Waals surface area contributed by atoms with Gasteiger partial charge in [-0.05, 0) is 58.9 Å². The minimum Gasteiger partial charge on any atom is -0.444 e. The number of nitrogens with zero attached hydrogens (tertiary/aromatic N) is 2. The van der Waals surface area contributed by atoms with Crippen LogP contribution in [0.15, 0.2) is 35.3 Å². The van der Waals surface area contributed by atoms with Crippen LogP contribution in [-0.2, 0) is 4.74 Å². The van der Waals surface area contributed by atoms with E-state index in [4.69, 9.17) is 9.73 Å². The predicted octanol–water partition coefficient (Wildman–Crippen LogP) is 3.43. The van der Waals surface area contributed by atoms with Gasteiger partial charge in [-0.15, -0.1) is 0 Å². The quantitative estimate of drug-likeness (QED) is 0.457. The summed E-state index contributed by atoms with van der Waals surface area (Å²) in [6.07, 6.45) is 4.58. The second-order valence-corrected chi connectivity index (χ2v) is 9.51. The van der Waals surface area contributed by atoms with Crippen LogP contribution in [-0.4, -0.2) is 60.8 Å². The number of rotatable bonds is 7. The van der Waals surface area contributed by atoms with Crippen molar-refractivity contribution in [3.63, 3.8) is 0 Å². The maximum Gasteiger partial charge on any atom is 0.408 e. The van der Waals surface area contributed by atoms with Crippen molar-refractivity contribution < 1.29 is 9.53 Å². The van der Waals surface area contributed by atoms with Crippen molar-refractivity contribution in [2.75, 3.05) is 26.2 Å². The zero-order valence-electron chi connectivity index (χ0n) is 19.5. The first kappa shape index (κ1) is 23.4. The number of hydrogen-bond acceptors (Lipinski definition) is 4. The third-order valence-electron chi connectivity index (χ3n) is 5.60. The molecule has 7 heteroatoms. The average molecular weight is 430 g/mol. The van der Waals surface area contributed by atoms with Crippen molar-refractivity contribution in [3.8, 4) is 0 Å². The predicted molar refractivity (Wildman–Crippen MR) is 125 cm³/mol. The van der Waals surface area contributed by atoms with E-state index in [1.807, 2.05) is 51.1 Å². The minimum atomic E-state index is -0.541. The second kappa shape index (κ2) is 10.8. The highest BCUT2D eigenvalue weighted by atomic mass is 16.6. The molecule has 0 spiro atoms. The summed E-state index contributed by atoms with van der Waals surface area (Å²) in [6.45, 7) is 11.2. The summed E-state index contributed by atoms with van der Waals surface area (Å²) >= 11 is 0. The number of ether oxygens (including phenoxy) is 1. The summed E-state index contributed by atoms with van der Waals surface area (Å²) in [7, 11) is 0. The maximum atomic E-state index is 12.4. The first-order valence-electron chi connectivity index (χ1n) is 11.7. The molecule has 1 aromatic carbocycles. The molecule has 2 fully saturated rings. The molecule has 1 saturated carbocycles. The number of benzene rings is 1. The third-order valence-corrected chi connectivity index (χ3v) is 5.60. The molecule has 1 heterocycles. The molecule has 1 amide bonds. The monoisotopic (exact) mass is 429 g/mol. The molecule has 172 valence electrons. The fourth-order valence-corrected chi connectivity index (χ4v) is 3.91. The molecule has 7 nitrogen and oxygen atoms in total. The number of piperidine rings is 1. The molecule has 2 aliphatic rings. The van der Waals surface area contributed by atoms with E-state index in [-0.39, 0.29) is 6.04 Å². The van der Waals surface area contributed by atoms with Crippen LogP contribution in [0, 0.1) is 0 Å². The number of likely N-dealkylation sites (tertiary alicyclic amines) is 1. The molecule has 0 radical (unpaired) electrons. The largest absolute Gasteiger partial charge is 0.444 e. The molecular formula is C24H39N5O2. The Bertz CT molecular complexity index is 719. The summed E-state index contributed by atoms with van der Waals surface area (Å²) in [6, 6.07) is 10.9. The zero-order chi connectivity index (χ0) is 22.3. The zero-order valence-corrected chi connectivity index (χ0v) is 19.5. The van der Waals surface area contributed by atoms with Crippen molar-refractivity contribution >= 4 is 12.1 Å². The van der Waals surface area contributed by atoms with Crippen LogP contribution in [0.25, 0.3) is 0 Å². The first-order chi connectivity index (χ1) is 14.8. The Hall–Kier alpha value is -2.28. The van der Waals surface area contributed by atoms with Crippen molar-refractivity contribution in [3.05, 3.63) is 35.9 Å². The summed E-state index contributed by atoms with van der Waals surface area (Å²) in [4.78, 5) is 19.8. The first-order valence-corrected chi connectivity index (χ1v) is 11.7. The van der Waals surface area contributed by atoms with Gasteiger partial charge in [-0.2, -0.15) is 0 Å². The van der Waals surface area contributed by atoms with Crippen LogP contribution in [0.3, 0.4) is 0 Å². The SMILES string of the molecule is CCNC(=NCC(NC(=O)OC(C)(C)C)c1ccccc1)NC1CCN(C2CC2)CC1. The Labute approximate surface area is 187 Å². The van der Waals surface area contributed by atoms with E-state index in [1.54, 1.807) is 0 Å². The summed E-state index contributed by atoms with van der Waals surface area (Å²) in [5.74, 6) is 0.805. The van der Waals surface area contributed by atoms with Crippen LogP contribution in [0.1, 0.15) is 65.0 Å². The highest BCUT2D eigenvalue weighted by Crippen LogP contribution is 2.29. The topological polar surface area (TPSA) is 78.0 Å². The molecule has 0 aromatic heterocycles. The van der Waals surface area contributed by atoms with E-state index in [2.05, 4.69) is 27.8 Å². The van der Waals surface area contributed by atoms with Gasteiger partial charge >= 0.3 is 6.09 Å². The molecule has 1 aliphatic heterocycles. The van der Waals surface area contributed by atoms with E-state index in [1.165, 1.54) is 12.8 Å². The van der Waals surface area contributed by atoms with Crippen LogP contribution in [0.5, 0.6) is 0 Å². The molecule has 1 unspecified atom stereocenters. The van der Waals surface area contributed by atoms with Crippen molar-refractivity contribution in [2.24, 2.45) is 4.99 Å². The van der Waals surface area contributed by atoms with E-state index < -0.39 is 11.7 Å². The molecule has 1 saturated heterocycles. The average Bonchev–Trinajstić information content (AvgIpc) is 3.56. The highest BCUT2D eigenvalue weighted by molar-refractivity contribution is 5.80. The van der Waals surface area contributed by atoms with E-state index >= 15 is 0 Å². The Morgan fingerprint density at radius 2 is 1.84 bits per heavy atom. The number of carbonyl (C=O) groups is 1. The lowest BCUT2D eigenvalue weighted by atomic mass is 10.1. The molecule has 31 heavy (non-hydrogen) atoms. The van der Waals surface area contributed by atoms with E-state index in [9.17, 15) is 4.79 Å². The van der Waals surface area contributed by atoms with Gasteiger partial charge in [-0.1, -0.05) is 30.3 Å². The summed E-state index contributed by atoms with van der Waals surface area (Å²) in [5.41, 5.74) is 0.464. The maximum absolute atomic E-state index is 12.4. The normalized spacial score (nSPS) is 19.5. The number of nitrogens with one attached hydrogen (secondary N) is 3. The Kier molecular flexibility index (Phi) is 8.18. The Morgan fingerprint density at radius 1 is 1.16 bits per heavy atom. The van der Waals surface area contributed by atoms with Crippen molar-refractivity contribution in [1.29, 1.82) is 0 Å². The van der Waals surface area contributed by atoms with E-state index in [0.29, 0.717) is 12.6 Å². The summed E-state index contributed by atoms with van der Waals surface area (Å²) in [5, 5.41) is 9.95. The van der Waals surface area contributed by atoms with Gasteiger partial charge in [0.25, 0.3) is 0 Å². The second-order valence-electron chi connectivity index (χ2n) is 9.51. The standard InChI is InChI=1S/C24H39N5O2/c1-5-25-22(27-19-13-15-29(16-14-19)20-11-12-20)26-17-21(18-9-7-6-8-10-18)28-23(30)31-24(2,3)4/h6-10,19-21H,5,11-17H2,1-4H3,(H,28,30)(H2,25,26,27). The lowest BCUT2D eigenvalue weighted by Gasteiger charge is -2.33. The van der Waals surface area contributed by atoms with Crippen molar-refractivity contribution in [2.45, 2.75) is 77.1 Å².